The van der Waals surface area contributed by atoms with E-state index in [-0.39, 0.29) is 23.8 Å². The Kier molecular flexibility index (Phi) is 13.3. The van der Waals surface area contributed by atoms with Crippen molar-refractivity contribution in [1.82, 2.24) is 0 Å². The Morgan fingerprint density at radius 2 is 1.26 bits per heavy atom. The fourth-order valence-corrected chi connectivity index (χ4v) is 3.79. The summed E-state index contributed by atoms with van der Waals surface area (Å²) in [4.78, 5) is 24.9. The summed E-state index contributed by atoms with van der Waals surface area (Å²) in [6.45, 7) is 7.61. The van der Waals surface area contributed by atoms with E-state index in [0.717, 1.165) is 57.3 Å². The predicted molar refractivity (Wildman–Crippen MR) is 109 cm³/mol. The molecule has 158 valence electrons. The first-order chi connectivity index (χ1) is 13.1. The highest BCUT2D eigenvalue weighted by atomic mass is 16.5. The monoisotopic (exact) mass is 382 g/mol. The quantitative estimate of drug-likeness (QED) is 0.270. The molecule has 1 fully saturated rings. The zero-order valence-electron chi connectivity index (χ0n) is 18.0. The zero-order chi connectivity index (χ0) is 19.9. The van der Waals surface area contributed by atoms with Crippen molar-refractivity contribution in [2.24, 2.45) is 17.8 Å². The molecule has 27 heavy (non-hydrogen) atoms. The molecule has 0 aromatic carbocycles. The third-order valence-corrected chi connectivity index (χ3v) is 5.53. The predicted octanol–water partition coefficient (Wildman–Crippen LogP) is 6.07. The number of esters is 2. The summed E-state index contributed by atoms with van der Waals surface area (Å²) in [5.41, 5.74) is 0. The summed E-state index contributed by atoms with van der Waals surface area (Å²) in [7, 11) is 0. The molecular formula is C23H42O4. The minimum atomic E-state index is -0.304. The first-order valence-electron chi connectivity index (χ1n) is 11.4. The van der Waals surface area contributed by atoms with Gasteiger partial charge in [-0.05, 0) is 31.6 Å². The number of carbonyl (C=O) groups is 2. The van der Waals surface area contributed by atoms with Gasteiger partial charge in [0.05, 0.1) is 25.0 Å². The Bertz CT molecular complexity index is 405. The second-order valence-electron chi connectivity index (χ2n) is 8.49. The van der Waals surface area contributed by atoms with Crippen LogP contribution in [0.2, 0.25) is 0 Å². The lowest BCUT2D eigenvalue weighted by molar-refractivity contribution is -0.163. The summed E-state index contributed by atoms with van der Waals surface area (Å²) in [5.74, 6) is -0.259. The molecule has 0 aromatic heterocycles. The normalized spacial score (nSPS) is 19.9. The van der Waals surface area contributed by atoms with Gasteiger partial charge in [0, 0.05) is 0 Å². The minimum Gasteiger partial charge on any atom is -0.465 e. The summed E-state index contributed by atoms with van der Waals surface area (Å²) >= 11 is 0. The zero-order valence-corrected chi connectivity index (χ0v) is 18.0. The molecule has 0 N–H and O–H groups in total. The maximum Gasteiger partial charge on any atom is 0.309 e. The van der Waals surface area contributed by atoms with Crippen LogP contribution in [-0.2, 0) is 19.1 Å². The Hall–Kier alpha value is -1.06. The number of unbranched alkanes of at least 4 members (excludes halogenated alkanes) is 6. The summed E-state index contributed by atoms with van der Waals surface area (Å²) in [5, 5.41) is 0. The average Bonchev–Trinajstić information content (AvgIpc) is 2.66. The van der Waals surface area contributed by atoms with E-state index in [9.17, 15) is 9.59 Å². The molecule has 0 bridgehead atoms. The number of hydrogen-bond acceptors (Lipinski definition) is 4. The molecule has 1 saturated carbocycles. The molecule has 2 atom stereocenters. The van der Waals surface area contributed by atoms with Crippen LogP contribution in [0, 0.1) is 17.8 Å². The van der Waals surface area contributed by atoms with Gasteiger partial charge in [-0.25, -0.2) is 0 Å². The minimum absolute atomic E-state index is 0.191. The van der Waals surface area contributed by atoms with E-state index < -0.39 is 0 Å². The van der Waals surface area contributed by atoms with Gasteiger partial charge in [0.1, 0.15) is 0 Å². The molecule has 1 aliphatic carbocycles. The topological polar surface area (TPSA) is 52.6 Å². The van der Waals surface area contributed by atoms with E-state index in [1.165, 1.54) is 32.1 Å². The van der Waals surface area contributed by atoms with Crippen molar-refractivity contribution in [2.75, 3.05) is 13.2 Å². The lowest BCUT2D eigenvalue weighted by atomic mass is 9.79. The first kappa shape index (κ1) is 24.0. The second-order valence-corrected chi connectivity index (χ2v) is 8.49. The van der Waals surface area contributed by atoms with Gasteiger partial charge in [-0.2, -0.15) is 0 Å². The molecule has 0 aliphatic heterocycles. The van der Waals surface area contributed by atoms with Crippen LogP contribution in [0.3, 0.4) is 0 Å². The smallest absolute Gasteiger partial charge is 0.309 e. The van der Waals surface area contributed by atoms with Gasteiger partial charge in [-0.1, -0.05) is 78.6 Å². The van der Waals surface area contributed by atoms with E-state index in [0.29, 0.717) is 13.2 Å². The fourth-order valence-electron chi connectivity index (χ4n) is 3.79. The van der Waals surface area contributed by atoms with Crippen LogP contribution in [0.1, 0.15) is 104 Å². The highest BCUT2D eigenvalue weighted by molar-refractivity contribution is 5.82. The van der Waals surface area contributed by atoms with Crippen molar-refractivity contribution >= 4 is 11.9 Å². The molecule has 2 unspecified atom stereocenters. The molecule has 0 aromatic rings. The van der Waals surface area contributed by atoms with Gasteiger partial charge in [0.25, 0.3) is 0 Å². The van der Waals surface area contributed by atoms with Gasteiger partial charge < -0.3 is 9.47 Å². The summed E-state index contributed by atoms with van der Waals surface area (Å²) in [6, 6.07) is 0. The van der Waals surface area contributed by atoms with Crippen molar-refractivity contribution in [3.8, 4) is 0 Å². The molecule has 0 saturated heterocycles. The molecule has 0 amide bonds. The van der Waals surface area contributed by atoms with Crippen LogP contribution in [0.4, 0.5) is 0 Å². The Labute approximate surface area is 166 Å². The second kappa shape index (κ2) is 14.9. The molecule has 1 rings (SSSR count). The van der Waals surface area contributed by atoms with Crippen molar-refractivity contribution in [3.63, 3.8) is 0 Å². The van der Waals surface area contributed by atoms with E-state index in [1.54, 1.807) is 0 Å². The van der Waals surface area contributed by atoms with Crippen LogP contribution in [0.5, 0.6) is 0 Å². The van der Waals surface area contributed by atoms with Gasteiger partial charge in [0.15, 0.2) is 0 Å². The van der Waals surface area contributed by atoms with Crippen LogP contribution in [0.25, 0.3) is 0 Å². The summed E-state index contributed by atoms with van der Waals surface area (Å²) in [6.07, 6.45) is 13.6. The average molecular weight is 383 g/mol. The molecule has 4 nitrogen and oxygen atoms in total. The molecule has 0 radical (unpaired) electrons. The van der Waals surface area contributed by atoms with Crippen molar-refractivity contribution in [1.29, 1.82) is 0 Å². The molecular weight excluding hydrogens is 340 g/mol. The van der Waals surface area contributed by atoms with E-state index in [1.807, 2.05) is 0 Å². The van der Waals surface area contributed by atoms with Gasteiger partial charge in [-0.15, -0.1) is 0 Å². The molecule has 4 heteroatoms. The SMILES string of the molecule is CCCCCCCOC(=O)C1CCCCC1C(=O)OCCCCCC(C)C. The Balaban J connectivity index is 2.27. The highest BCUT2D eigenvalue weighted by Gasteiger charge is 2.37. The third-order valence-electron chi connectivity index (χ3n) is 5.53. The molecule has 0 heterocycles. The van der Waals surface area contributed by atoms with Crippen molar-refractivity contribution < 1.29 is 19.1 Å². The maximum atomic E-state index is 12.5. The molecule has 1 aliphatic rings. The summed E-state index contributed by atoms with van der Waals surface area (Å²) < 4.78 is 11.0. The molecule has 0 spiro atoms. The van der Waals surface area contributed by atoms with E-state index >= 15 is 0 Å². The van der Waals surface area contributed by atoms with Crippen molar-refractivity contribution in [3.05, 3.63) is 0 Å². The number of hydrogen-bond donors (Lipinski definition) is 0. The van der Waals surface area contributed by atoms with E-state index in [4.69, 9.17) is 9.47 Å². The van der Waals surface area contributed by atoms with Crippen LogP contribution in [-0.4, -0.2) is 25.2 Å². The van der Waals surface area contributed by atoms with Crippen LogP contribution >= 0.6 is 0 Å². The lowest BCUT2D eigenvalue weighted by Gasteiger charge is -2.28. The first-order valence-corrected chi connectivity index (χ1v) is 11.4. The number of carbonyl (C=O) groups excluding carboxylic acids is 2. The van der Waals surface area contributed by atoms with Gasteiger partial charge in [0.2, 0.25) is 0 Å². The van der Waals surface area contributed by atoms with Crippen molar-refractivity contribution in [2.45, 2.75) is 104 Å². The highest BCUT2D eigenvalue weighted by Crippen LogP contribution is 2.32. The fraction of sp³-hybridized carbons (Fsp3) is 0.913. The largest absolute Gasteiger partial charge is 0.465 e. The Morgan fingerprint density at radius 3 is 1.74 bits per heavy atom. The standard InChI is InChI=1S/C23H42O4/c1-4-5-6-7-12-17-26-22(24)20-15-10-11-16-21(20)23(25)27-18-13-8-9-14-19(2)3/h19-21H,4-18H2,1-3H3. The number of ether oxygens (including phenoxy) is 2. The van der Waals surface area contributed by atoms with Gasteiger partial charge in [-0.3, -0.25) is 9.59 Å². The third kappa shape index (κ3) is 10.8. The lowest BCUT2D eigenvalue weighted by Crippen LogP contribution is -2.35. The number of rotatable bonds is 14. The Morgan fingerprint density at radius 1 is 0.778 bits per heavy atom. The van der Waals surface area contributed by atoms with E-state index in [2.05, 4.69) is 20.8 Å². The van der Waals surface area contributed by atoms with Gasteiger partial charge >= 0.3 is 11.9 Å². The van der Waals surface area contributed by atoms with Crippen LogP contribution in [0.15, 0.2) is 0 Å². The van der Waals surface area contributed by atoms with Crippen LogP contribution < -0.4 is 0 Å². The maximum absolute atomic E-state index is 12.5.